The molecule has 104 valence electrons. The lowest BCUT2D eigenvalue weighted by atomic mass is 10.2. The zero-order valence-corrected chi connectivity index (χ0v) is 12.0. The van der Waals surface area contributed by atoms with E-state index in [0.29, 0.717) is 16.8 Å². The highest BCUT2D eigenvalue weighted by atomic mass is 35.5. The van der Waals surface area contributed by atoms with E-state index in [1.165, 1.54) is 6.07 Å². The van der Waals surface area contributed by atoms with Crippen LogP contribution in [0.1, 0.15) is 19.8 Å². The number of nitrogens with zero attached hydrogens (tertiary/aromatic N) is 2. The van der Waals surface area contributed by atoms with Gasteiger partial charge in [0, 0.05) is 11.1 Å². The molecule has 4 nitrogen and oxygen atoms in total. The Morgan fingerprint density at radius 2 is 2.11 bits per heavy atom. The monoisotopic (exact) mass is 304 g/mol. The van der Waals surface area contributed by atoms with E-state index in [9.17, 15) is 12.8 Å². The number of alkyl halides is 1. The summed E-state index contributed by atoms with van der Waals surface area (Å²) in [6, 6.07) is 5.07. The molecule has 1 heterocycles. The van der Waals surface area contributed by atoms with Crippen LogP contribution in [0.4, 0.5) is 10.1 Å². The van der Waals surface area contributed by atoms with Crippen molar-refractivity contribution in [2.45, 2.75) is 36.9 Å². The summed E-state index contributed by atoms with van der Waals surface area (Å²) >= 11 is 5.88. The average molecular weight is 305 g/mol. The maximum atomic E-state index is 13.2. The van der Waals surface area contributed by atoms with Gasteiger partial charge in [-0.2, -0.15) is 0 Å². The van der Waals surface area contributed by atoms with Gasteiger partial charge in [-0.05, 0) is 38.0 Å². The van der Waals surface area contributed by atoms with Gasteiger partial charge in [-0.3, -0.25) is 0 Å². The van der Waals surface area contributed by atoms with Crippen LogP contribution < -0.4 is 4.90 Å². The van der Waals surface area contributed by atoms with Crippen LogP contribution in [0.15, 0.2) is 23.1 Å². The maximum absolute atomic E-state index is 13.2. The van der Waals surface area contributed by atoms with Crippen molar-refractivity contribution in [2.75, 3.05) is 11.7 Å². The minimum absolute atomic E-state index is 0.0997. The van der Waals surface area contributed by atoms with Crippen molar-refractivity contribution in [1.29, 1.82) is 0 Å². The van der Waals surface area contributed by atoms with Crippen molar-refractivity contribution < 1.29 is 12.8 Å². The van der Waals surface area contributed by atoms with E-state index in [1.54, 1.807) is 19.1 Å². The molecular weight excluding hydrogens is 291 g/mol. The molecule has 1 unspecified atom stereocenters. The summed E-state index contributed by atoms with van der Waals surface area (Å²) in [6.07, 6.45) is 1.51. The van der Waals surface area contributed by atoms with Crippen molar-refractivity contribution >= 4 is 27.3 Å². The van der Waals surface area contributed by atoms with E-state index in [2.05, 4.69) is 0 Å². The van der Waals surface area contributed by atoms with Crippen molar-refractivity contribution in [3.63, 3.8) is 0 Å². The molecule has 1 aromatic carbocycles. The summed E-state index contributed by atoms with van der Waals surface area (Å²) in [5, 5.41) is 0.339. The second-order valence-electron chi connectivity index (χ2n) is 4.89. The molecule has 1 atom stereocenters. The minimum Gasteiger partial charge on any atom is -0.351 e. The van der Waals surface area contributed by atoms with Gasteiger partial charge in [0.25, 0.3) is 0 Å². The molecule has 7 heteroatoms. The highest BCUT2D eigenvalue weighted by Crippen LogP contribution is 2.43. The number of rotatable bonds is 2. The van der Waals surface area contributed by atoms with E-state index < -0.39 is 23.0 Å². The van der Waals surface area contributed by atoms with Crippen LogP contribution in [-0.2, 0) is 10.0 Å². The Kier molecular flexibility index (Phi) is 2.99. The first-order valence-electron chi connectivity index (χ1n) is 6.12. The molecule has 3 rings (SSSR count). The van der Waals surface area contributed by atoms with Crippen LogP contribution in [0.25, 0.3) is 0 Å². The molecule has 1 aromatic rings. The van der Waals surface area contributed by atoms with E-state index >= 15 is 0 Å². The van der Waals surface area contributed by atoms with Crippen molar-refractivity contribution in [3.8, 4) is 0 Å². The molecule has 1 fully saturated rings. The van der Waals surface area contributed by atoms with Crippen LogP contribution in [0.3, 0.4) is 0 Å². The normalized spacial score (nSPS) is 26.3. The van der Waals surface area contributed by atoms with Crippen LogP contribution in [0.2, 0.25) is 5.02 Å². The SMILES string of the molecule is CC1N(C2CC2)c2ccc(Cl)cc2S(=O)(=O)N1CF. The number of halogens is 2. The van der Waals surface area contributed by atoms with Crippen molar-refractivity contribution in [2.24, 2.45) is 0 Å². The van der Waals surface area contributed by atoms with Gasteiger partial charge in [-0.25, -0.2) is 12.8 Å². The third-order valence-electron chi connectivity index (χ3n) is 3.66. The number of hydrogen-bond acceptors (Lipinski definition) is 3. The Bertz CT molecular complexity index is 618. The van der Waals surface area contributed by atoms with Gasteiger partial charge in [0.1, 0.15) is 4.90 Å². The van der Waals surface area contributed by atoms with Gasteiger partial charge in [0.2, 0.25) is 10.0 Å². The molecular formula is C12H14ClFN2O2S. The Morgan fingerprint density at radius 1 is 1.42 bits per heavy atom. The molecule has 19 heavy (non-hydrogen) atoms. The van der Waals surface area contributed by atoms with Gasteiger partial charge in [0.05, 0.1) is 11.9 Å². The highest BCUT2D eigenvalue weighted by molar-refractivity contribution is 7.89. The fourth-order valence-corrected chi connectivity index (χ4v) is 4.43. The number of fused-ring (bicyclic) bond motifs is 1. The predicted molar refractivity (Wildman–Crippen MR) is 71.4 cm³/mol. The van der Waals surface area contributed by atoms with E-state index in [-0.39, 0.29) is 4.90 Å². The third-order valence-corrected chi connectivity index (χ3v) is 5.80. The Morgan fingerprint density at radius 3 is 2.68 bits per heavy atom. The molecule has 1 aliphatic carbocycles. The molecule has 0 spiro atoms. The molecule has 0 bridgehead atoms. The summed E-state index contributed by atoms with van der Waals surface area (Å²) in [5.74, 6) is 0. The number of benzene rings is 1. The molecule has 0 saturated heterocycles. The second kappa shape index (κ2) is 4.33. The lowest BCUT2D eigenvalue weighted by Gasteiger charge is -2.42. The molecule has 0 N–H and O–H groups in total. The predicted octanol–water partition coefficient (Wildman–Crippen LogP) is 2.59. The summed E-state index contributed by atoms with van der Waals surface area (Å²) in [4.78, 5) is 2.08. The Balaban J connectivity index is 2.22. The van der Waals surface area contributed by atoms with Crippen LogP contribution >= 0.6 is 11.6 Å². The van der Waals surface area contributed by atoms with Crippen LogP contribution in [0.5, 0.6) is 0 Å². The summed E-state index contributed by atoms with van der Waals surface area (Å²) in [6.45, 7) is 0.686. The van der Waals surface area contributed by atoms with E-state index in [0.717, 1.165) is 17.1 Å². The van der Waals surface area contributed by atoms with Gasteiger partial charge < -0.3 is 4.90 Å². The van der Waals surface area contributed by atoms with Crippen LogP contribution in [-0.4, -0.2) is 31.7 Å². The largest absolute Gasteiger partial charge is 0.351 e. The minimum atomic E-state index is -3.81. The summed E-state index contributed by atoms with van der Waals surface area (Å²) in [7, 11) is -3.81. The first kappa shape index (κ1) is 13.1. The summed E-state index contributed by atoms with van der Waals surface area (Å²) in [5.41, 5.74) is 0.629. The maximum Gasteiger partial charge on any atom is 0.249 e. The third kappa shape index (κ3) is 1.93. The molecule has 1 aliphatic heterocycles. The number of anilines is 1. The molecule has 0 amide bonds. The molecule has 2 aliphatic rings. The molecule has 1 saturated carbocycles. The summed E-state index contributed by atoms with van der Waals surface area (Å²) < 4.78 is 38.8. The van der Waals surface area contributed by atoms with Gasteiger partial charge >= 0.3 is 0 Å². The zero-order chi connectivity index (χ0) is 13.8. The lowest BCUT2D eigenvalue weighted by molar-refractivity contribution is 0.228. The van der Waals surface area contributed by atoms with Gasteiger partial charge in [0.15, 0.2) is 6.80 Å². The topological polar surface area (TPSA) is 40.6 Å². The van der Waals surface area contributed by atoms with Gasteiger partial charge in [-0.15, -0.1) is 4.31 Å². The Hall–Kier alpha value is -0.850. The number of sulfonamides is 1. The standard InChI is InChI=1S/C12H14ClFN2O2S/c1-8-15(7-14)19(17,18)12-6-9(13)2-5-11(12)16(8)10-3-4-10/h2,5-6,8,10H,3-4,7H2,1H3. The van der Waals surface area contributed by atoms with Crippen molar-refractivity contribution in [3.05, 3.63) is 23.2 Å². The molecule has 0 radical (unpaired) electrons. The zero-order valence-electron chi connectivity index (χ0n) is 10.4. The van der Waals surface area contributed by atoms with E-state index in [4.69, 9.17) is 11.6 Å². The molecule has 0 aromatic heterocycles. The first-order chi connectivity index (χ1) is 8.96. The second-order valence-corrected chi connectivity index (χ2v) is 7.19. The first-order valence-corrected chi connectivity index (χ1v) is 7.94. The van der Waals surface area contributed by atoms with Crippen LogP contribution in [0, 0.1) is 0 Å². The average Bonchev–Trinajstić information content (AvgIpc) is 3.15. The smallest absolute Gasteiger partial charge is 0.249 e. The fraction of sp³-hybridized carbons (Fsp3) is 0.500. The van der Waals surface area contributed by atoms with Crippen molar-refractivity contribution in [1.82, 2.24) is 4.31 Å². The number of hydrogen-bond donors (Lipinski definition) is 0. The Labute approximate surface area is 116 Å². The quantitative estimate of drug-likeness (QED) is 0.789. The highest BCUT2D eigenvalue weighted by Gasteiger charge is 2.45. The van der Waals surface area contributed by atoms with E-state index in [1.807, 2.05) is 4.90 Å². The van der Waals surface area contributed by atoms with Gasteiger partial charge in [-0.1, -0.05) is 11.6 Å². The fourth-order valence-electron chi connectivity index (χ4n) is 2.59. The lowest BCUT2D eigenvalue weighted by Crippen LogP contribution is -2.54.